The maximum Gasteiger partial charge on any atom is 0.179 e. The Morgan fingerprint density at radius 1 is 1.58 bits per heavy atom. The predicted molar refractivity (Wildman–Crippen MR) is 46.3 cm³/mol. The van der Waals surface area contributed by atoms with E-state index >= 15 is 0 Å². The molecule has 0 atom stereocenters. The van der Waals surface area contributed by atoms with Gasteiger partial charge in [0.15, 0.2) is 5.78 Å². The summed E-state index contributed by atoms with van der Waals surface area (Å²) in [7, 11) is 0. The second kappa shape index (κ2) is 2.94. The average molecular weight is 182 g/mol. The van der Waals surface area contributed by atoms with Crippen LogP contribution in [-0.2, 0) is 0 Å². The number of carbonyl (C=O) groups is 1. The Bertz CT molecular complexity index is 304. The molecule has 0 radical (unpaired) electrons. The van der Waals surface area contributed by atoms with E-state index < -0.39 is 0 Å². The highest BCUT2D eigenvalue weighted by Gasteiger charge is 2.28. The van der Waals surface area contributed by atoms with E-state index in [1.807, 2.05) is 6.92 Å². The molecule has 1 saturated carbocycles. The summed E-state index contributed by atoms with van der Waals surface area (Å²) >= 11 is 1.22. The fourth-order valence-electron chi connectivity index (χ4n) is 1.31. The Balaban J connectivity index is 2.19. The molecule has 3 nitrogen and oxygen atoms in total. The number of hydrogen-bond donors (Lipinski definition) is 0. The highest BCUT2D eigenvalue weighted by atomic mass is 32.1. The Morgan fingerprint density at radius 3 is 2.75 bits per heavy atom. The van der Waals surface area contributed by atoms with Gasteiger partial charge in [-0.15, -0.1) is 5.10 Å². The molecule has 0 aromatic carbocycles. The van der Waals surface area contributed by atoms with E-state index in [-0.39, 0.29) is 11.7 Å². The van der Waals surface area contributed by atoms with Crippen LogP contribution in [-0.4, -0.2) is 15.4 Å². The van der Waals surface area contributed by atoms with Crippen LogP contribution in [0, 0.1) is 12.8 Å². The zero-order chi connectivity index (χ0) is 8.55. The molecule has 64 valence electrons. The standard InChI is InChI=1S/C8H10N2OS/c1-5-8(12-10-9-5)7(11)6-3-2-4-6/h6H,2-4H2,1H3. The minimum atomic E-state index is 0.258. The molecular weight excluding hydrogens is 172 g/mol. The van der Waals surface area contributed by atoms with Gasteiger partial charge >= 0.3 is 0 Å². The topological polar surface area (TPSA) is 42.9 Å². The summed E-state index contributed by atoms with van der Waals surface area (Å²) in [6, 6.07) is 0. The minimum absolute atomic E-state index is 0.258. The van der Waals surface area contributed by atoms with Gasteiger partial charge in [0.25, 0.3) is 0 Å². The summed E-state index contributed by atoms with van der Waals surface area (Å²) in [5, 5.41) is 3.83. The van der Waals surface area contributed by atoms with Gasteiger partial charge in [-0.1, -0.05) is 10.9 Å². The smallest absolute Gasteiger partial charge is 0.179 e. The first-order valence-corrected chi connectivity index (χ1v) is 4.89. The maximum absolute atomic E-state index is 11.6. The van der Waals surface area contributed by atoms with Crippen molar-refractivity contribution in [3.05, 3.63) is 10.6 Å². The molecular formula is C8H10N2OS. The lowest BCUT2D eigenvalue weighted by Gasteiger charge is -2.22. The molecule has 0 unspecified atom stereocenters. The van der Waals surface area contributed by atoms with Crippen molar-refractivity contribution in [3.8, 4) is 0 Å². The quantitative estimate of drug-likeness (QED) is 0.655. The molecule has 0 saturated heterocycles. The molecule has 1 aliphatic rings. The first kappa shape index (κ1) is 7.86. The third-order valence-corrected chi connectivity index (χ3v) is 3.19. The molecule has 1 fully saturated rings. The Morgan fingerprint density at radius 2 is 2.33 bits per heavy atom. The van der Waals surface area contributed by atoms with Crippen molar-refractivity contribution in [3.63, 3.8) is 0 Å². The normalized spacial score (nSPS) is 17.4. The Labute approximate surface area is 75.0 Å². The molecule has 1 aromatic heterocycles. The molecule has 0 bridgehead atoms. The van der Waals surface area contributed by atoms with Crippen molar-refractivity contribution in [1.29, 1.82) is 0 Å². The van der Waals surface area contributed by atoms with E-state index in [4.69, 9.17) is 0 Å². The van der Waals surface area contributed by atoms with Crippen molar-refractivity contribution in [1.82, 2.24) is 9.59 Å². The van der Waals surface area contributed by atoms with Gasteiger partial charge in [-0.25, -0.2) is 0 Å². The second-order valence-corrected chi connectivity index (χ2v) is 3.93. The van der Waals surface area contributed by atoms with Crippen LogP contribution in [0.5, 0.6) is 0 Å². The fraction of sp³-hybridized carbons (Fsp3) is 0.625. The third-order valence-electron chi connectivity index (χ3n) is 2.35. The van der Waals surface area contributed by atoms with Gasteiger partial charge in [0.2, 0.25) is 0 Å². The average Bonchev–Trinajstić information content (AvgIpc) is 2.31. The number of aromatic nitrogens is 2. The number of aryl methyl sites for hydroxylation is 1. The molecule has 12 heavy (non-hydrogen) atoms. The summed E-state index contributed by atoms with van der Waals surface area (Å²) in [5.74, 6) is 0.528. The van der Waals surface area contributed by atoms with Crippen LogP contribution in [0.1, 0.15) is 34.6 Å². The number of ketones is 1. The fourth-order valence-corrected chi connectivity index (χ4v) is 1.99. The zero-order valence-electron chi connectivity index (χ0n) is 6.91. The van der Waals surface area contributed by atoms with Crippen molar-refractivity contribution in [2.24, 2.45) is 5.92 Å². The number of carbonyl (C=O) groups excluding carboxylic acids is 1. The van der Waals surface area contributed by atoms with E-state index in [0.717, 1.165) is 23.4 Å². The first-order valence-electron chi connectivity index (χ1n) is 4.12. The van der Waals surface area contributed by atoms with Crippen molar-refractivity contribution < 1.29 is 4.79 Å². The summed E-state index contributed by atoms with van der Waals surface area (Å²) in [4.78, 5) is 12.4. The van der Waals surface area contributed by atoms with E-state index in [0.29, 0.717) is 0 Å². The third kappa shape index (κ3) is 1.16. The first-order chi connectivity index (χ1) is 5.79. The van der Waals surface area contributed by atoms with E-state index in [1.165, 1.54) is 18.0 Å². The molecule has 2 rings (SSSR count). The largest absolute Gasteiger partial charge is 0.293 e. The number of rotatable bonds is 2. The van der Waals surface area contributed by atoms with Gasteiger partial charge in [0.1, 0.15) is 4.88 Å². The van der Waals surface area contributed by atoms with Crippen molar-refractivity contribution in [2.45, 2.75) is 26.2 Å². The van der Waals surface area contributed by atoms with Gasteiger partial charge in [-0.2, -0.15) is 0 Å². The molecule has 0 amide bonds. The van der Waals surface area contributed by atoms with Crippen LogP contribution in [0.15, 0.2) is 0 Å². The number of nitrogens with zero attached hydrogens (tertiary/aromatic N) is 2. The lowest BCUT2D eigenvalue weighted by atomic mass is 9.81. The summed E-state index contributed by atoms with van der Waals surface area (Å²) < 4.78 is 3.75. The highest BCUT2D eigenvalue weighted by Crippen LogP contribution is 2.31. The van der Waals surface area contributed by atoms with Gasteiger partial charge < -0.3 is 0 Å². The number of Topliss-reactive ketones (excluding diaryl/α,β-unsaturated/α-hetero) is 1. The SMILES string of the molecule is Cc1nnsc1C(=O)C1CCC1. The summed E-state index contributed by atoms with van der Waals surface area (Å²) in [6.45, 7) is 1.84. The monoisotopic (exact) mass is 182 g/mol. The van der Waals surface area contributed by atoms with Gasteiger partial charge in [-0.3, -0.25) is 4.79 Å². The molecule has 0 aliphatic heterocycles. The van der Waals surface area contributed by atoms with Crippen LogP contribution < -0.4 is 0 Å². The van der Waals surface area contributed by atoms with Crippen LogP contribution in [0.4, 0.5) is 0 Å². The Hall–Kier alpha value is -0.770. The minimum Gasteiger partial charge on any atom is -0.293 e. The molecule has 1 aliphatic carbocycles. The molecule has 4 heteroatoms. The number of hydrogen-bond acceptors (Lipinski definition) is 4. The maximum atomic E-state index is 11.6. The molecule has 0 N–H and O–H groups in total. The zero-order valence-corrected chi connectivity index (χ0v) is 7.73. The van der Waals surface area contributed by atoms with Crippen molar-refractivity contribution >= 4 is 17.3 Å². The summed E-state index contributed by atoms with van der Waals surface area (Å²) in [6.07, 6.45) is 3.30. The molecule has 0 spiro atoms. The van der Waals surface area contributed by atoms with Crippen LogP contribution >= 0.6 is 11.5 Å². The van der Waals surface area contributed by atoms with E-state index in [9.17, 15) is 4.79 Å². The van der Waals surface area contributed by atoms with Crippen LogP contribution in [0.25, 0.3) is 0 Å². The van der Waals surface area contributed by atoms with Crippen LogP contribution in [0.2, 0.25) is 0 Å². The lowest BCUT2D eigenvalue weighted by molar-refractivity contribution is 0.0859. The molecule has 1 aromatic rings. The lowest BCUT2D eigenvalue weighted by Crippen LogP contribution is -2.21. The van der Waals surface area contributed by atoms with Crippen LogP contribution in [0.3, 0.4) is 0 Å². The van der Waals surface area contributed by atoms with E-state index in [2.05, 4.69) is 9.59 Å². The Kier molecular flexibility index (Phi) is 1.92. The van der Waals surface area contributed by atoms with E-state index in [1.54, 1.807) is 0 Å². The van der Waals surface area contributed by atoms with Gasteiger partial charge in [-0.05, 0) is 31.3 Å². The van der Waals surface area contributed by atoms with Crippen molar-refractivity contribution in [2.75, 3.05) is 0 Å². The van der Waals surface area contributed by atoms with Gasteiger partial charge in [0, 0.05) is 5.92 Å². The second-order valence-electron chi connectivity index (χ2n) is 3.18. The molecule has 1 heterocycles. The highest BCUT2D eigenvalue weighted by molar-refractivity contribution is 7.08. The predicted octanol–water partition coefficient (Wildman–Crippen LogP) is 1.83. The summed E-state index contributed by atoms with van der Waals surface area (Å²) in [5.41, 5.74) is 0.789. The van der Waals surface area contributed by atoms with Gasteiger partial charge in [0.05, 0.1) is 5.69 Å².